The first-order valence-corrected chi connectivity index (χ1v) is 4.60. The highest BCUT2D eigenvalue weighted by Gasteiger charge is 2.32. The predicted molar refractivity (Wildman–Crippen MR) is 51.5 cm³/mol. The zero-order valence-corrected chi connectivity index (χ0v) is 8.13. The van der Waals surface area contributed by atoms with E-state index in [1.54, 1.807) is 0 Å². The van der Waals surface area contributed by atoms with Crippen molar-refractivity contribution in [1.82, 2.24) is 10.6 Å². The van der Waals surface area contributed by atoms with Crippen LogP contribution in [-0.2, 0) is 4.79 Å². The van der Waals surface area contributed by atoms with E-state index < -0.39 is 6.03 Å². The Labute approximate surface area is 82.1 Å². The van der Waals surface area contributed by atoms with Crippen LogP contribution in [0.4, 0.5) is 4.79 Å². The van der Waals surface area contributed by atoms with E-state index in [9.17, 15) is 9.59 Å². The Balaban J connectivity index is 2.37. The van der Waals surface area contributed by atoms with Gasteiger partial charge in [-0.1, -0.05) is 19.1 Å². The molecule has 74 valence electrons. The molecule has 2 unspecified atom stereocenters. The van der Waals surface area contributed by atoms with Crippen LogP contribution in [0, 0.1) is 5.92 Å². The van der Waals surface area contributed by atoms with Crippen molar-refractivity contribution in [2.24, 2.45) is 5.92 Å². The molecular formula is C10H12N2O2. The largest absolute Gasteiger partial charge is 0.327 e. The van der Waals surface area contributed by atoms with Crippen molar-refractivity contribution < 1.29 is 9.59 Å². The first-order valence-electron chi connectivity index (χ1n) is 4.60. The van der Waals surface area contributed by atoms with E-state index in [1.165, 1.54) is 0 Å². The molecule has 2 atom stereocenters. The van der Waals surface area contributed by atoms with Gasteiger partial charge in [0.1, 0.15) is 0 Å². The number of imide groups is 1. The summed E-state index contributed by atoms with van der Waals surface area (Å²) < 4.78 is 0. The fourth-order valence-electron chi connectivity index (χ4n) is 1.92. The van der Waals surface area contributed by atoms with Crippen molar-refractivity contribution in [2.75, 3.05) is 0 Å². The molecule has 14 heavy (non-hydrogen) atoms. The van der Waals surface area contributed by atoms with Gasteiger partial charge in [0.25, 0.3) is 5.91 Å². The van der Waals surface area contributed by atoms with E-state index in [0.717, 1.165) is 5.57 Å². The second kappa shape index (κ2) is 2.97. The highest BCUT2D eigenvalue weighted by Crippen LogP contribution is 2.24. The van der Waals surface area contributed by atoms with Gasteiger partial charge in [-0.3, -0.25) is 10.1 Å². The van der Waals surface area contributed by atoms with Crippen LogP contribution in [0.15, 0.2) is 23.3 Å². The summed E-state index contributed by atoms with van der Waals surface area (Å²) in [5, 5.41) is 4.95. The number of fused-ring (bicyclic) bond motifs is 1. The predicted octanol–water partition coefficient (Wildman–Crippen LogP) is 0.717. The van der Waals surface area contributed by atoms with E-state index in [2.05, 4.69) is 10.6 Å². The van der Waals surface area contributed by atoms with Crippen LogP contribution in [0.2, 0.25) is 0 Å². The summed E-state index contributed by atoms with van der Waals surface area (Å²) in [4.78, 5) is 22.5. The zero-order valence-electron chi connectivity index (χ0n) is 8.13. The molecule has 4 nitrogen and oxygen atoms in total. The number of amides is 3. The Bertz CT molecular complexity index is 368. The van der Waals surface area contributed by atoms with Crippen LogP contribution in [0.1, 0.15) is 13.8 Å². The summed E-state index contributed by atoms with van der Waals surface area (Å²) >= 11 is 0. The minimum Gasteiger partial charge on any atom is -0.327 e. The number of carbonyl (C=O) groups is 2. The van der Waals surface area contributed by atoms with Crippen molar-refractivity contribution in [1.29, 1.82) is 0 Å². The first-order chi connectivity index (χ1) is 6.58. The van der Waals surface area contributed by atoms with Gasteiger partial charge in [-0.15, -0.1) is 0 Å². The summed E-state index contributed by atoms with van der Waals surface area (Å²) in [6, 6.07) is -0.646. The normalized spacial score (nSPS) is 31.0. The Morgan fingerprint density at radius 3 is 2.71 bits per heavy atom. The lowest BCUT2D eigenvalue weighted by Crippen LogP contribution is -2.55. The van der Waals surface area contributed by atoms with Crippen molar-refractivity contribution in [2.45, 2.75) is 19.9 Å². The molecule has 0 spiro atoms. The quantitative estimate of drug-likeness (QED) is 0.555. The zero-order chi connectivity index (χ0) is 10.3. The number of hydrogen-bond donors (Lipinski definition) is 2. The summed E-state index contributed by atoms with van der Waals surface area (Å²) in [5.74, 6) is -0.0277. The molecule has 4 heteroatoms. The SMILES string of the molecule is CC1=CC(C)C=C2C(=O)NC(=O)NC12. The maximum atomic E-state index is 11.5. The summed E-state index contributed by atoms with van der Waals surface area (Å²) in [7, 11) is 0. The van der Waals surface area contributed by atoms with Crippen molar-refractivity contribution in [3.63, 3.8) is 0 Å². The molecule has 1 saturated heterocycles. The fourth-order valence-corrected chi connectivity index (χ4v) is 1.92. The number of hydrogen-bond acceptors (Lipinski definition) is 2. The molecule has 1 fully saturated rings. The number of nitrogens with one attached hydrogen (secondary N) is 2. The average Bonchev–Trinajstić information content (AvgIpc) is 2.07. The third-order valence-corrected chi connectivity index (χ3v) is 2.50. The summed E-state index contributed by atoms with van der Waals surface area (Å²) in [6.45, 7) is 3.93. The van der Waals surface area contributed by atoms with E-state index in [-0.39, 0.29) is 17.9 Å². The Hall–Kier alpha value is -1.58. The number of rotatable bonds is 0. The molecule has 2 aliphatic rings. The molecule has 2 rings (SSSR count). The van der Waals surface area contributed by atoms with Gasteiger partial charge in [0, 0.05) is 5.57 Å². The summed E-state index contributed by atoms with van der Waals surface area (Å²) in [6.07, 6.45) is 3.93. The Kier molecular flexibility index (Phi) is 1.91. The molecule has 3 amide bonds. The van der Waals surface area contributed by atoms with Gasteiger partial charge in [-0.25, -0.2) is 4.79 Å². The van der Waals surface area contributed by atoms with Crippen LogP contribution < -0.4 is 10.6 Å². The van der Waals surface area contributed by atoms with E-state index in [4.69, 9.17) is 0 Å². The molecule has 0 saturated carbocycles. The van der Waals surface area contributed by atoms with Crippen LogP contribution in [0.5, 0.6) is 0 Å². The second-order valence-corrected chi connectivity index (χ2v) is 3.75. The highest BCUT2D eigenvalue weighted by molar-refractivity contribution is 6.08. The maximum absolute atomic E-state index is 11.5. The van der Waals surface area contributed by atoms with Gasteiger partial charge in [-0.2, -0.15) is 0 Å². The minimum atomic E-state index is -0.417. The van der Waals surface area contributed by atoms with Crippen LogP contribution in [-0.4, -0.2) is 18.0 Å². The maximum Gasteiger partial charge on any atom is 0.322 e. The second-order valence-electron chi connectivity index (χ2n) is 3.75. The van der Waals surface area contributed by atoms with E-state index in [1.807, 2.05) is 26.0 Å². The Morgan fingerprint density at radius 1 is 1.29 bits per heavy atom. The van der Waals surface area contributed by atoms with Crippen LogP contribution in [0.25, 0.3) is 0 Å². The lowest BCUT2D eigenvalue weighted by atomic mass is 9.87. The van der Waals surface area contributed by atoms with Gasteiger partial charge in [0.05, 0.1) is 6.04 Å². The highest BCUT2D eigenvalue weighted by atomic mass is 16.2. The van der Waals surface area contributed by atoms with Crippen molar-refractivity contribution >= 4 is 11.9 Å². The number of carbonyl (C=O) groups excluding carboxylic acids is 2. The minimum absolute atomic E-state index is 0.229. The third-order valence-electron chi connectivity index (χ3n) is 2.50. The first kappa shape index (κ1) is 8.99. The third kappa shape index (κ3) is 1.32. The molecule has 1 aliphatic heterocycles. The molecule has 0 aromatic heterocycles. The monoisotopic (exact) mass is 192 g/mol. The molecule has 2 N–H and O–H groups in total. The van der Waals surface area contributed by atoms with Crippen molar-refractivity contribution in [3.05, 3.63) is 23.3 Å². The van der Waals surface area contributed by atoms with E-state index in [0.29, 0.717) is 5.57 Å². The van der Waals surface area contributed by atoms with Crippen LogP contribution >= 0.6 is 0 Å². The molecule has 0 radical (unpaired) electrons. The van der Waals surface area contributed by atoms with E-state index >= 15 is 0 Å². The Morgan fingerprint density at radius 2 is 2.00 bits per heavy atom. The number of urea groups is 1. The number of allylic oxidation sites excluding steroid dienone is 2. The smallest absolute Gasteiger partial charge is 0.322 e. The lowest BCUT2D eigenvalue weighted by molar-refractivity contribution is -0.117. The van der Waals surface area contributed by atoms with Gasteiger partial charge in [0.15, 0.2) is 0 Å². The van der Waals surface area contributed by atoms with Crippen LogP contribution in [0.3, 0.4) is 0 Å². The molecule has 0 aromatic carbocycles. The van der Waals surface area contributed by atoms with Gasteiger partial charge in [0.2, 0.25) is 0 Å². The fraction of sp³-hybridized carbons (Fsp3) is 0.400. The van der Waals surface area contributed by atoms with Gasteiger partial charge >= 0.3 is 6.03 Å². The standard InChI is InChI=1S/C10H12N2O2/c1-5-3-6(2)8-7(4-5)9(13)12-10(14)11-8/h3-5,8H,1-2H3,(H2,11,12,13,14). The topological polar surface area (TPSA) is 58.2 Å². The summed E-state index contributed by atoms with van der Waals surface area (Å²) in [5.41, 5.74) is 1.68. The molecule has 0 aromatic rings. The molecule has 0 bridgehead atoms. The van der Waals surface area contributed by atoms with Gasteiger partial charge in [-0.05, 0) is 18.4 Å². The van der Waals surface area contributed by atoms with Gasteiger partial charge < -0.3 is 5.32 Å². The van der Waals surface area contributed by atoms with Crippen molar-refractivity contribution in [3.8, 4) is 0 Å². The lowest BCUT2D eigenvalue weighted by Gasteiger charge is -2.30. The average molecular weight is 192 g/mol. The molecular weight excluding hydrogens is 180 g/mol. The molecule has 1 heterocycles. The molecule has 1 aliphatic carbocycles.